The zero-order valence-corrected chi connectivity index (χ0v) is 16.9. The number of ether oxygens (including phenoxy) is 1. The molecule has 4 rings (SSSR count). The van der Waals surface area contributed by atoms with Gasteiger partial charge in [-0.15, -0.1) is 5.10 Å². The van der Waals surface area contributed by atoms with Crippen LogP contribution in [-0.4, -0.2) is 27.6 Å². The van der Waals surface area contributed by atoms with E-state index in [9.17, 15) is 19.7 Å². The van der Waals surface area contributed by atoms with Crippen molar-refractivity contribution in [1.82, 2.24) is 5.01 Å². The second kappa shape index (κ2) is 8.58. The molecule has 2 aromatic rings. The predicted molar refractivity (Wildman–Crippen MR) is 110 cm³/mol. The van der Waals surface area contributed by atoms with Gasteiger partial charge < -0.3 is 14.5 Å². The minimum atomic E-state index is -1.04. The van der Waals surface area contributed by atoms with Crippen molar-refractivity contribution < 1.29 is 23.7 Å². The third-order valence-electron chi connectivity index (χ3n) is 5.38. The Morgan fingerprint density at radius 1 is 1.13 bits per heavy atom. The van der Waals surface area contributed by atoms with Gasteiger partial charge in [0.2, 0.25) is 17.7 Å². The average molecular weight is 426 g/mol. The van der Waals surface area contributed by atoms with Gasteiger partial charge in [0, 0.05) is 24.1 Å². The summed E-state index contributed by atoms with van der Waals surface area (Å²) < 4.78 is 10.9. The fourth-order valence-electron chi connectivity index (χ4n) is 3.75. The van der Waals surface area contributed by atoms with E-state index in [1.807, 2.05) is 0 Å². The van der Waals surface area contributed by atoms with Gasteiger partial charge in [-0.05, 0) is 43.2 Å². The highest BCUT2D eigenvalue weighted by Crippen LogP contribution is 2.33. The van der Waals surface area contributed by atoms with Crippen LogP contribution in [0.2, 0.25) is 0 Å². The number of nitrogens with zero attached hydrogens (tertiary/aromatic N) is 3. The molecule has 1 N–H and O–H groups in total. The summed E-state index contributed by atoms with van der Waals surface area (Å²) in [5.41, 5.74) is 1.25. The van der Waals surface area contributed by atoms with Gasteiger partial charge in [-0.2, -0.15) is 5.01 Å². The topological polar surface area (TPSA) is 127 Å². The van der Waals surface area contributed by atoms with Crippen LogP contribution in [0.4, 0.5) is 11.6 Å². The summed E-state index contributed by atoms with van der Waals surface area (Å²) in [5, 5.41) is 19.1. The maximum Gasteiger partial charge on any atom is 0.433 e. The van der Waals surface area contributed by atoms with Gasteiger partial charge in [0.15, 0.2) is 5.76 Å². The van der Waals surface area contributed by atoms with Crippen molar-refractivity contribution in [3.05, 3.63) is 57.8 Å². The van der Waals surface area contributed by atoms with Crippen LogP contribution in [0, 0.1) is 16.0 Å². The minimum Gasteiger partial charge on any atom is -0.442 e. The van der Waals surface area contributed by atoms with E-state index in [2.05, 4.69) is 10.4 Å². The van der Waals surface area contributed by atoms with Crippen molar-refractivity contribution >= 4 is 29.3 Å². The highest BCUT2D eigenvalue weighted by molar-refractivity contribution is 5.97. The third-order valence-corrected chi connectivity index (χ3v) is 5.38. The van der Waals surface area contributed by atoms with Crippen molar-refractivity contribution in [2.45, 2.75) is 45.3 Å². The molecule has 162 valence electrons. The Morgan fingerprint density at radius 3 is 2.45 bits per heavy atom. The first-order valence-corrected chi connectivity index (χ1v) is 10.1. The van der Waals surface area contributed by atoms with Gasteiger partial charge in [0.1, 0.15) is 4.92 Å². The Balaban J connectivity index is 1.47. The molecule has 1 aliphatic carbocycles. The van der Waals surface area contributed by atoms with E-state index in [0.717, 1.165) is 30.7 Å². The van der Waals surface area contributed by atoms with Gasteiger partial charge in [-0.3, -0.25) is 19.7 Å². The van der Waals surface area contributed by atoms with Crippen LogP contribution >= 0.6 is 0 Å². The second-order valence-electron chi connectivity index (χ2n) is 7.57. The van der Waals surface area contributed by atoms with Crippen molar-refractivity contribution in [3.8, 4) is 0 Å². The quantitative estimate of drug-likeness (QED) is 0.570. The molecule has 2 aliphatic rings. The van der Waals surface area contributed by atoms with E-state index in [4.69, 9.17) is 9.15 Å². The van der Waals surface area contributed by atoms with Crippen molar-refractivity contribution in [1.29, 1.82) is 0 Å². The molecule has 1 saturated carbocycles. The summed E-state index contributed by atoms with van der Waals surface area (Å²) >= 11 is 0. The Hall–Kier alpha value is -3.69. The van der Waals surface area contributed by atoms with Crippen LogP contribution in [0.15, 0.2) is 45.9 Å². The fourth-order valence-corrected chi connectivity index (χ4v) is 3.75. The highest BCUT2D eigenvalue weighted by Gasteiger charge is 2.36. The first-order chi connectivity index (χ1) is 14.9. The predicted octanol–water partition coefficient (Wildman–Crippen LogP) is 3.95. The number of anilines is 1. The lowest BCUT2D eigenvalue weighted by Gasteiger charge is -2.20. The van der Waals surface area contributed by atoms with Crippen molar-refractivity contribution in [3.63, 3.8) is 0 Å². The van der Waals surface area contributed by atoms with Crippen LogP contribution in [-0.2, 0) is 14.3 Å². The number of hydrazone groups is 1. The molecular weight excluding hydrogens is 404 g/mol. The number of carbonyl (C=O) groups is 2. The Morgan fingerprint density at radius 2 is 1.84 bits per heavy atom. The van der Waals surface area contributed by atoms with Gasteiger partial charge in [-0.25, -0.2) is 0 Å². The largest absolute Gasteiger partial charge is 0.442 e. The average Bonchev–Trinajstić information content (AvgIpc) is 3.42. The lowest BCUT2D eigenvalue weighted by Crippen LogP contribution is -2.24. The maximum absolute atomic E-state index is 12.4. The molecule has 1 aliphatic heterocycles. The van der Waals surface area contributed by atoms with Crippen LogP contribution in [0.1, 0.15) is 56.6 Å². The summed E-state index contributed by atoms with van der Waals surface area (Å²) in [6.07, 6.45) is 4.15. The molecule has 1 aromatic carbocycles. The van der Waals surface area contributed by atoms with E-state index in [1.165, 1.54) is 25.5 Å². The van der Waals surface area contributed by atoms with Gasteiger partial charge in [0.05, 0.1) is 6.07 Å². The second-order valence-corrected chi connectivity index (χ2v) is 7.57. The number of hydrogen-bond acceptors (Lipinski definition) is 7. The van der Waals surface area contributed by atoms with E-state index < -0.39 is 22.9 Å². The zero-order valence-electron chi connectivity index (χ0n) is 16.9. The zero-order chi connectivity index (χ0) is 22.0. The van der Waals surface area contributed by atoms with Crippen LogP contribution in [0.25, 0.3) is 0 Å². The van der Waals surface area contributed by atoms with Gasteiger partial charge >= 0.3 is 5.88 Å². The summed E-state index contributed by atoms with van der Waals surface area (Å²) in [4.78, 5) is 34.6. The number of nitrogens with one attached hydrogen (secondary N) is 1. The van der Waals surface area contributed by atoms with Crippen LogP contribution in [0.5, 0.6) is 0 Å². The Kier molecular flexibility index (Phi) is 5.70. The standard InChI is InChI=1S/C21H22N4O6/c1-13(26)24-21(17-11-12-18(30-17)25(28)29)31-20(23-24)15-7-9-16(10-8-15)22-19(27)14-5-3-2-4-6-14/h7-12,14,21H,2-6H2,1H3,(H,22,27)/t21-/m1/s1. The number of carbonyl (C=O) groups excluding carboxylic acids is 2. The lowest BCUT2D eigenvalue weighted by atomic mass is 9.88. The molecule has 1 fully saturated rings. The van der Waals surface area contributed by atoms with Gasteiger partial charge in [0.25, 0.3) is 6.23 Å². The molecule has 2 heterocycles. The number of nitro groups is 1. The summed E-state index contributed by atoms with van der Waals surface area (Å²) in [7, 11) is 0. The molecule has 0 spiro atoms. The molecule has 0 radical (unpaired) electrons. The lowest BCUT2D eigenvalue weighted by molar-refractivity contribution is -0.402. The number of furan rings is 1. The SMILES string of the molecule is CC(=O)N1N=C(c2ccc(NC(=O)C3CCCCC3)cc2)O[C@@H]1c1ccc([N+](=O)[O-])o1. The fraction of sp³-hybridized carbons (Fsp3) is 0.381. The van der Waals surface area contributed by atoms with E-state index in [1.54, 1.807) is 24.3 Å². The molecule has 10 heteroatoms. The molecule has 31 heavy (non-hydrogen) atoms. The van der Waals surface area contributed by atoms with E-state index in [0.29, 0.717) is 11.3 Å². The summed E-state index contributed by atoms with van der Waals surface area (Å²) in [6.45, 7) is 1.31. The number of benzene rings is 1. The molecule has 2 amide bonds. The van der Waals surface area contributed by atoms with E-state index in [-0.39, 0.29) is 23.5 Å². The first kappa shape index (κ1) is 20.6. The Labute approximate surface area is 178 Å². The molecule has 0 bridgehead atoms. The minimum absolute atomic E-state index is 0.0316. The maximum atomic E-state index is 12.4. The van der Waals surface area contributed by atoms with Gasteiger partial charge in [-0.1, -0.05) is 19.3 Å². The monoisotopic (exact) mass is 426 g/mol. The molecular formula is C21H22N4O6. The number of hydrogen-bond donors (Lipinski definition) is 1. The molecule has 0 saturated heterocycles. The normalized spacial score (nSPS) is 18.9. The van der Waals surface area contributed by atoms with Crippen LogP contribution < -0.4 is 5.32 Å². The summed E-state index contributed by atoms with van der Waals surface area (Å²) in [6, 6.07) is 9.50. The number of rotatable bonds is 5. The van der Waals surface area contributed by atoms with E-state index >= 15 is 0 Å². The molecule has 1 atom stereocenters. The van der Waals surface area contributed by atoms with Crippen molar-refractivity contribution in [2.24, 2.45) is 11.0 Å². The highest BCUT2D eigenvalue weighted by atomic mass is 16.7. The molecule has 1 aromatic heterocycles. The van der Waals surface area contributed by atoms with Crippen molar-refractivity contribution in [2.75, 3.05) is 5.32 Å². The molecule has 10 nitrogen and oxygen atoms in total. The van der Waals surface area contributed by atoms with Crippen LogP contribution in [0.3, 0.4) is 0 Å². The smallest absolute Gasteiger partial charge is 0.433 e. The summed E-state index contributed by atoms with van der Waals surface area (Å²) in [5.74, 6) is -0.507. The third kappa shape index (κ3) is 4.42. The molecule has 0 unspecified atom stereocenters. The Bertz CT molecular complexity index is 1020. The number of amides is 2. The first-order valence-electron chi connectivity index (χ1n) is 10.1.